The molecule has 0 aliphatic heterocycles. The van der Waals surface area contributed by atoms with Crippen molar-refractivity contribution in [1.82, 2.24) is 5.32 Å². The van der Waals surface area contributed by atoms with Crippen LogP contribution in [0.1, 0.15) is 47.0 Å². The number of methoxy groups -OCH3 is 1. The highest BCUT2D eigenvalue weighted by molar-refractivity contribution is 7.92. The van der Waals surface area contributed by atoms with Crippen LogP contribution in [0.3, 0.4) is 0 Å². The van der Waals surface area contributed by atoms with E-state index in [9.17, 15) is 13.8 Å². The maximum atomic E-state index is 12.0. The zero-order valence-corrected chi connectivity index (χ0v) is 14.9. The van der Waals surface area contributed by atoms with Crippen molar-refractivity contribution in [1.29, 1.82) is 4.78 Å². The highest BCUT2D eigenvalue weighted by atomic mass is 32.2. The minimum Gasteiger partial charge on any atom is -0.467 e. The molecule has 0 aliphatic rings. The van der Waals surface area contributed by atoms with Crippen LogP contribution in [0.15, 0.2) is 0 Å². The van der Waals surface area contributed by atoms with Crippen LogP contribution in [-0.2, 0) is 24.0 Å². The zero-order valence-electron chi connectivity index (χ0n) is 14.1. The Kier molecular flexibility index (Phi) is 8.44. The Bertz CT molecular complexity index is 468. The van der Waals surface area contributed by atoms with Gasteiger partial charge in [0.05, 0.1) is 7.11 Å². The standard InChI is InChI=1S/C14H28N2O5S/c1-6-7-9-22(15,19)10-8-11(12(17)20-5)16-13(18)21-14(2,3)4/h11,15H,6-10H2,1-5H3,(H,16,18)/t11-,22?/m0/s1. The molecule has 2 atom stereocenters. The van der Waals surface area contributed by atoms with Gasteiger partial charge in [0.1, 0.15) is 11.6 Å². The monoisotopic (exact) mass is 336 g/mol. The van der Waals surface area contributed by atoms with Gasteiger partial charge in [0.25, 0.3) is 0 Å². The fourth-order valence-electron chi connectivity index (χ4n) is 1.63. The Hall–Kier alpha value is -1.31. The Morgan fingerprint density at radius 3 is 2.32 bits per heavy atom. The molecule has 0 saturated carbocycles. The molecule has 22 heavy (non-hydrogen) atoms. The quantitative estimate of drug-likeness (QED) is 0.662. The van der Waals surface area contributed by atoms with Gasteiger partial charge in [-0.2, -0.15) is 0 Å². The number of hydrogen-bond donors (Lipinski definition) is 2. The molecule has 0 saturated heterocycles. The molecule has 0 heterocycles. The summed E-state index contributed by atoms with van der Waals surface area (Å²) in [5.41, 5.74) is -0.686. The molecule has 0 aromatic carbocycles. The summed E-state index contributed by atoms with van der Waals surface area (Å²) in [4.78, 5) is 23.4. The van der Waals surface area contributed by atoms with E-state index < -0.39 is 33.4 Å². The van der Waals surface area contributed by atoms with Gasteiger partial charge in [0.15, 0.2) is 0 Å². The second-order valence-electron chi connectivity index (χ2n) is 6.08. The molecule has 1 unspecified atom stereocenters. The lowest BCUT2D eigenvalue weighted by Crippen LogP contribution is -2.44. The third kappa shape index (κ3) is 9.59. The number of ether oxygens (including phenoxy) is 2. The second kappa shape index (κ2) is 8.97. The molecule has 7 nitrogen and oxygen atoms in total. The summed E-state index contributed by atoms with van der Waals surface area (Å²) in [5.74, 6) is -0.316. The summed E-state index contributed by atoms with van der Waals surface area (Å²) in [5, 5.41) is 2.41. The first-order valence-electron chi connectivity index (χ1n) is 7.32. The number of unbranched alkanes of at least 4 members (excludes halogenated alkanes) is 1. The van der Waals surface area contributed by atoms with E-state index in [0.717, 1.165) is 6.42 Å². The van der Waals surface area contributed by atoms with Gasteiger partial charge in [-0.25, -0.2) is 13.8 Å². The van der Waals surface area contributed by atoms with Gasteiger partial charge in [-0.05, 0) is 33.6 Å². The minimum atomic E-state index is -2.75. The average Bonchev–Trinajstić information content (AvgIpc) is 2.38. The van der Waals surface area contributed by atoms with Crippen LogP contribution < -0.4 is 5.32 Å². The summed E-state index contributed by atoms with van der Waals surface area (Å²) >= 11 is 0. The number of rotatable bonds is 8. The van der Waals surface area contributed by atoms with E-state index in [1.54, 1.807) is 20.8 Å². The van der Waals surface area contributed by atoms with Crippen LogP contribution in [0.2, 0.25) is 0 Å². The van der Waals surface area contributed by atoms with Crippen molar-refractivity contribution < 1.29 is 23.3 Å². The van der Waals surface area contributed by atoms with E-state index >= 15 is 0 Å². The van der Waals surface area contributed by atoms with Gasteiger partial charge in [0.2, 0.25) is 0 Å². The van der Waals surface area contributed by atoms with Crippen molar-refractivity contribution in [3.63, 3.8) is 0 Å². The largest absolute Gasteiger partial charge is 0.467 e. The number of alkyl carbamates (subject to hydrolysis) is 1. The fraction of sp³-hybridized carbons (Fsp3) is 0.857. The Labute approximate surface area is 133 Å². The lowest BCUT2D eigenvalue weighted by atomic mass is 10.2. The molecular formula is C14H28N2O5S. The molecule has 0 radical (unpaired) electrons. The summed E-state index contributed by atoms with van der Waals surface area (Å²) in [6.07, 6.45) is 0.891. The van der Waals surface area contributed by atoms with Crippen molar-refractivity contribution in [2.24, 2.45) is 0 Å². The van der Waals surface area contributed by atoms with Crippen molar-refractivity contribution in [2.75, 3.05) is 18.6 Å². The van der Waals surface area contributed by atoms with Crippen LogP contribution >= 0.6 is 0 Å². The van der Waals surface area contributed by atoms with E-state index in [4.69, 9.17) is 9.52 Å². The predicted molar refractivity (Wildman–Crippen MR) is 85.3 cm³/mol. The SMILES string of the molecule is CCCCS(=N)(=O)CC[C@H](NC(=O)OC(C)(C)C)C(=O)OC. The number of amides is 1. The smallest absolute Gasteiger partial charge is 0.408 e. The van der Waals surface area contributed by atoms with Gasteiger partial charge in [-0.3, -0.25) is 4.78 Å². The molecule has 0 aliphatic carbocycles. The number of esters is 1. The highest BCUT2D eigenvalue weighted by Crippen LogP contribution is 2.09. The molecule has 0 bridgehead atoms. The lowest BCUT2D eigenvalue weighted by Gasteiger charge is -2.22. The third-order valence-electron chi connectivity index (χ3n) is 2.74. The zero-order chi connectivity index (χ0) is 17.4. The lowest BCUT2D eigenvalue weighted by molar-refractivity contribution is -0.143. The number of carbonyl (C=O) groups is 2. The topological polar surface area (TPSA) is 106 Å². The Morgan fingerprint density at radius 1 is 1.27 bits per heavy atom. The van der Waals surface area contributed by atoms with Gasteiger partial charge >= 0.3 is 12.1 Å². The molecule has 1 amide bonds. The van der Waals surface area contributed by atoms with Crippen molar-refractivity contribution >= 4 is 21.8 Å². The van der Waals surface area contributed by atoms with Crippen LogP contribution in [-0.4, -0.2) is 46.5 Å². The van der Waals surface area contributed by atoms with E-state index in [0.29, 0.717) is 12.2 Å². The molecule has 0 rings (SSSR count). The summed E-state index contributed by atoms with van der Waals surface area (Å²) in [7, 11) is -1.54. The van der Waals surface area contributed by atoms with Crippen LogP contribution in [0.5, 0.6) is 0 Å². The van der Waals surface area contributed by atoms with Crippen molar-refractivity contribution in [2.45, 2.75) is 58.6 Å². The van der Waals surface area contributed by atoms with Gasteiger partial charge in [0, 0.05) is 21.2 Å². The first kappa shape index (κ1) is 20.7. The van der Waals surface area contributed by atoms with Gasteiger partial charge in [-0.15, -0.1) is 0 Å². The maximum Gasteiger partial charge on any atom is 0.408 e. The highest BCUT2D eigenvalue weighted by Gasteiger charge is 2.26. The number of hydrogen-bond acceptors (Lipinski definition) is 6. The molecular weight excluding hydrogens is 308 g/mol. The molecule has 0 fully saturated rings. The van der Waals surface area contributed by atoms with Gasteiger partial charge in [-0.1, -0.05) is 13.3 Å². The molecule has 8 heteroatoms. The number of carbonyl (C=O) groups excluding carboxylic acids is 2. The normalized spacial score (nSPS) is 15.5. The van der Waals surface area contributed by atoms with Crippen molar-refractivity contribution in [3.05, 3.63) is 0 Å². The molecule has 0 aromatic heterocycles. The van der Waals surface area contributed by atoms with E-state index in [2.05, 4.69) is 10.1 Å². The fourth-order valence-corrected chi connectivity index (χ4v) is 3.20. The molecule has 0 spiro atoms. The molecule has 0 aromatic rings. The first-order chi connectivity index (χ1) is 10.0. The van der Waals surface area contributed by atoms with Crippen LogP contribution in [0, 0.1) is 4.78 Å². The van der Waals surface area contributed by atoms with E-state index in [1.807, 2.05) is 6.92 Å². The second-order valence-corrected chi connectivity index (χ2v) is 8.52. The Morgan fingerprint density at radius 2 is 1.86 bits per heavy atom. The average molecular weight is 336 g/mol. The van der Waals surface area contributed by atoms with E-state index in [1.165, 1.54) is 7.11 Å². The van der Waals surface area contributed by atoms with E-state index in [-0.39, 0.29) is 12.2 Å². The molecule has 2 N–H and O–H groups in total. The first-order valence-corrected chi connectivity index (χ1v) is 9.22. The third-order valence-corrected chi connectivity index (χ3v) is 4.58. The predicted octanol–water partition coefficient (Wildman–Crippen LogP) is 2.29. The number of nitrogens with one attached hydrogen (secondary N) is 2. The van der Waals surface area contributed by atoms with Crippen LogP contribution in [0.4, 0.5) is 4.79 Å². The summed E-state index contributed by atoms with van der Waals surface area (Å²) < 4.78 is 29.5. The Balaban J connectivity index is 4.67. The summed E-state index contributed by atoms with van der Waals surface area (Å²) in [6, 6.07) is -0.965. The van der Waals surface area contributed by atoms with Gasteiger partial charge < -0.3 is 14.8 Å². The van der Waals surface area contributed by atoms with Crippen LogP contribution in [0.25, 0.3) is 0 Å². The maximum absolute atomic E-state index is 12.0. The van der Waals surface area contributed by atoms with Crippen molar-refractivity contribution in [3.8, 4) is 0 Å². The molecule has 130 valence electrons. The summed E-state index contributed by atoms with van der Waals surface area (Å²) in [6.45, 7) is 7.08. The minimum absolute atomic E-state index is 0.0303.